The van der Waals surface area contributed by atoms with Gasteiger partial charge < -0.3 is 5.73 Å². The highest BCUT2D eigenvalue weighted by atomic mass is 79.9. The average molecular weight is 360 g/mol. The van der Waals surface area contributed by atoms with Crippen molar-refractivity contribution < 1.29 is 13.2 Å². The van der Waals surface area contributed by atoms with Crippen LogP contribution in [0.3, 0.4) is 0 Å². The Hall–Kier alpha value is -1.43. The maximum Gasteiger partial charge on any atom is 0.242 e. The second kappa shape index (κ2) is 6.35. The summed E-state index contributed by atoms with van der Waals surface area (Å²) in [5, 5.41) is 8.98. The van der Waals surface area contributed by atoms with Crippen LogP contribution in [-0.4, -0.2) is 20.4 Å². The number of hydrogen-bond donors (Lipinski definition) is 2. The molecule has 1 rings (SSSR count). The minimum absolute atomic E-state index is 0.00678. The van der Waals surface area contributed by atoms with Crippen molar-refractivity contribution in [2.24, 2.45) is 11.7 Å². The van der Waals surface area contributed by atoms with Gasteiger partial charge in [-0.2, -0.15) is 9.98 Å². The molecule has 0 aromatic heterocycles. The molecule has 0 fully saturated rings. The van der Waals surface area contributed by atoms with Crippen molar-refractivity contribution in [3.8, 4) is 6.07 Å². The number of carbonyl (C=O) groups excluding carboxylic acids is 1. The fourth-order valence-electron chi connectivity index (χ4n) is 1.56. The Morgan fingerprint density at radius 3 is 2.50 bits per heavy atom. The van der Waals surface area contributed by atoms with Gasteiger partial charge in [0.25, 0.3) is 0 Å². The van der Waals surface area contributed by atoms with E-state index >= 15 is 0 Å². The van der Waals surface area contributed by atoms with Crippen LogP contribution < -0.4 is 10.5 Å². The molecule has 20 heavy (non-hydrogen) atoms. The van der Waals surface area contributed by atoms with Crippen LogP contribution in [-0.2, 0) is 14.8 Å². The number of nitrogens with zero attached hydrogens (tertiary/aromatic N) is 1. The van der Waals surface area contributed by atoms with Gasteiger partial charge in [0.15, 0.2) is 0 Å². The first-order valence-corrected chi connectivity index (χ1v) is 7.98. The van der Waals surface area contributed by atoms with Gasteiger partial charge in [-0.05, 0) is 24.1 Å². The Labute approximate surface area is 126 Å². The van der Waals surface area contributed by atoms with E-state index in [-0.39, 0.29) is 16.4 Å². The minimum Gasteiger partial charge on any atom is -0.368 e. The lowest BCUT2D eigenvalue weighted by Gasteiger charge is -2.19. The number of nitriles is 1. The molecular formula is C12H14BrN3O3S. The molecule has 0 spiro atoms. The summed E-state index contributed by atoms with van der Waals surface area (Å²) in [6, 6.07) is 5.02. The molecule has 6 nitrogen and oxygen atoms in total. The first-order valence-electron chi connectivity index (χ1n) is 5.70. The number of carbonyl (C=O) groups is 1. The summed E-state index contributed by atoms with van der Waals surface area (Å²) in [4.78, 5) is 11.1. The SMILES string of the molecule is CC(C)[C@@H](NS(=O)(=O)c1cc(Br)ccc1C#N)C(N)=O. The molecule has 0 radical (unpaired) electrons. The summed E-state index contributed by atoms with van der Waals surface area (Å²) in [6.45, 7) is 3.34. The van der Waals surface area contributed by atoms with Crippen LogP contribution in [0.1, 0.15) is 19.4 Å². The number of nitrogens with one attached hydrogen (secondary N) is 1. The third-order valence-corrected chi connectivity index (χ3v) is 4.58. The molecule has 8 heteroatoms. The van der Waals surface area contributed by atoms with Gasteiger partial charge >= 0.3 is 0 Å². The van der Waals surface area contributed by atoms with Gasteiger partial charge in [0, 0.05) is 4.47 Å². The number of rotatable bonds is 5. The summed E-state index contributed by atoms with van der Waals surface area (Å²) < 4.78 is 27.3. The lowest BCUT2D eigenvalue weighted by atomic mass is 10.1. The highest BCUT2D eigenvalue weighted by Crippen LogP contribution is 2.21. The van der Waals surface area contributed by atoms with E-state index in [1.54, 1.807) is 26.0 Å². The van der Waals surface area contributed by atoms with Gasteiger partial charge in [-0.1, -0.05) is 29.8 Å². The molecule has 1 aromatic rings. The van der Waals surface area contributed by atoms with E-state index in [0.717, 1.165) is 0 Å². The van der Waals surface area contributed by atoms with Crippen LogP contribution in [0.5, 0.6) is 0 Å². The summed E-state index contributed by atoms with van der Waals surface area (Å²) >= 11 is 3.15. The Morgan fingerprint density at radius 1 is 1.45 bits per heavy atom. The topological polar surface area (TPSA) is 113 Å². The third kappa shape index (κ3) is 3.79. The molecule has 3 N–H and O–H groups in total. The van der Waals surface area contributed by atoms with Crippen molar-refractivity contribution in [1.29, 1.82) is 5.26 Å². The Balaban J connectivity index is 3.28. The second-order valence-electron chi connectivity index (χ2n) is 4.50. The van der Waals surface area contributed by atoms with E-state index in [1.165, 1.54) is 12.1 Å². The molecule has 1 atom stereocenters. The molecule has 1 amide bonds. The first kappa shape index (κ1) is 16.6. The van der Waals surface area contributed by atoms with Crippen LogP contribution in [0.4, 0.5) is 0 Å². The predicted octanol–water partition coefficient (Wildman–Crippen LogP) is 1.11. The van der Waals surface area contributed by atoms with Gasteiger partial charge in [-0.25, -0.2) is 8.42 Å². The zero-order valence-electron chi connectivity index (χ0n) is 10.9. The van der Waals surface area contributed by atoms with E-state index in [2.05, 4.69) is 20.7 Å². The van der Waals surface area contributed by atoms with Crippen molar-refractivity contribution in [3.05, 3.63) is 28.2 Å². The van der Waals surface area contributed by atoms with Gasteiger partial charge in [-0.15, -0.1) is 0 Å². The normalized spacial score (nSPS) is 12.9. The number of benzene rings is 1. The summed E-state index contributed by atoms with van der Waals surface area (Å²) in [7, 11) is -4.02. The van der Waals surface area contributed by atoms with Crippen molar-refractivity contribution in [3.63, 3.8) is 0 Å². The lowest BCUT2D eigenvalue weighted by molar-refractivity contribution is -0.120. The van der Waals surface area contributed by atoms with E-state index < -0.39 is 22.0 Å². The molecule has 0 aliphatic carbocycles. The number of halogens is 1. The van der Waals surface area contributed by atoms with Crippen LogP contribution in [0.25, 0.3) is 0 Å². The largest absolute Gasteiger partial charge is 0.368 e. The molecule has 0 saturated heterocycles. The number of primary amides is 1. The van der Waals surface area contributed by atoms with Gasteiger partial charge in [0.05, 0.1) is 5.56 Å². The Kier molecular flexibility index (Phi) is 5.28. The zero-order chi connectivity index (χ0) is 15.5. The maximum atomic E-state index is 12.3. The maximum absolute atomic E-state index is 12.3. The van der Waals surface area contributed by atoms with Crippen molar-refractivity contribution in [2.75, 3.05) is 0 Å². The fraction of sp³-hybridized carbons (Fsp3) is 0.333. The zero-order valence-corrected chi connectivity index (χ0v) is 13.3. The van der Waals surface area contributed by atoms with E-state index in [9.17, 15) is 13.2 Å². The quantitative estimate of drug-likeness (QED) is 0.819. The monoisotopic (exact) mass is 359 g/mol. The molecule has 0 bridgehead atoms. The van der Waals surface area contributed by atoms with Crippen LogP contribution in [0.2, 0.25) is 0 Å². The number of nitrogens with two attached hydrogens (primary N) is 1. The van der Waals surface area contributed by atoms with Gasteiger partial charge in [0.1, 0.15) is 17.0 Å². The molecule has 0 unspecified atom stereocenters. The molecule has 108 valence electrons. The fourth-order valence-corrected chi connectivity index (χ4v) is 3.61. The Bertz CT molecular complexity index is 665. The van der Waals surface area contributed by atoms with Crippen LogP contribution >= 0.6 is 15.9 Å². The molecule has 0 heterocycles. The van der Waals surface area contributed by atoms with Crippen molar-refractivity contribution in [1.82, 2.24) is 4.72 Å². The molecule has 0 aliphatic heterocycles. The number of sulfonamides is 1. The highest BCUT2D eigenvalue weighted by Gasteiger charge is 2.28. The third-order valence-electron chi connectivity index (χ3n) is 2.61. The summed E-state index contributed by atoms with van der Waals surface area (Å²) in [5.41, 5.74) is 5.18. The number of hydrogen-bond acceptors (Lipinski definition) is 4. The number of amides is 1. The first-order chi connectivity index (χ1) is 9.19. The molecule has 1 aromatic carbocycles. The van der Waals surface area contributed by atoms with Crippen molar-refractivity contribution >= 4 is 31.9 Å². The van der Waals surface area contributed by atoms with E-state index in [4.69, 9.17) is 11.0 Å². The second-order valence-corrected chi connectivity index (χ2v) is 7.10. The van der Waals surface area contributed by atoms with Gasteiger partial charge in [0.2, 0.25) is 15.9 Å². The molecule has 0 saturated carbocycles. The van der Waals surface area contributed by atoms with Crippen LogP contribution in [0, 0.1) is 17.2 Å². The van der Waals surface area contributed by atoms with E-state index in [0.29, 0.717) is 4.47 Å². The summed E-state index contributed by atoms with van der Waals surface area (Å²) in [6.07, 6.45) is 0. The van der Waals surface area contributed by atoms with Gasteiger partial charge in [-0.3, -0.25) is 4.79 Å². The molecular weight excluding hydrogens is 346 g/mol. The van der Waals surface area contributed by atoms with E-state index in [1.807, 2.05) is 0 Å². The standard InChI is InChI=1S/C12H14BrN3O3S/c1-7(2)11(12(15)17)16-20(18,19)10-5-9(13)4-3-8(10)6-14/h3-5,7,11,16H,1-2H3,(H2,15,17)/t11-/m1/s1. The highest BCUT2D eigenvalue weighted by molar-refractivity contribution is 9.10. The predicted molar refractivity (Wildman–Crippen MR) is 77.0 cm³/mol. The Morgan fingerprint density at radius 2 is 2.05 bits per heavy atom. The average Bonchev–Trinajstić information content (AvgIpc) is 2.35. The smallest absolute Gasteiger partial charge is 0.242 e. The molecule has 0 aliphatic rings. The minimum atomic E-state index is -4.02. The van der Waals surface area contributed by atoms with Crippen LogP contribution in [0.15, 0.2) is 27.6 Å². The summed E-state index contributed by atoms with van der Waals surface area (Å²) in [5.74, 6) is -1.07. The lowest BCUT2D eigenvalue weighted by Crippen LogP contribution is -2.47. The van der Waals surface area contributed by atoms with Crippen molar-refractivity contribution in [2.45, 2.75) is 24.8 Å².